The van der Waals surface area contributed by atoms with E-state index in [1.807, 2.05) is 25.4 Å². The molecule has 5 heteroatoms. The van der Waals surface area contributed by atoms with E-state index in [1.165, 1.54) is 29.7 Å². The number of hydrogen-bond donors (Lipinski definition) is 0. The molecule has 23 heavy (non-hydrogen) atoms. The maximum absolute atomic E-state index is 4.66. The lowest BCUT2D eigenvalue weighted by Gasteiger charge is -2.36. The van der Waals surface area contributed by atoms with Gasteiger partial charge in [0, 0.05) is 55.3 Å². The molecule has 116 valence electrons. The maximum Gasteiger partial charge on any atom is 0.155 e. The summed E-state index contributed by atoms with van der Waals surface area (Å²) in [7, 11) is 0. The van der Waals surface area contributed by atoms with Crippen molar-refractivity contribution >= 4 is 5.65 Å². The van der Waals surface area contributed by atoms with Crippen molar-refractivity contribution in [2.45, 2.75) is 44.8 Å². The first-order valence-corrected chi connectivity index (χ1v) is 8.28. The summed E-state index contributed by atoms with van der Waals surface area (Å²) in [5.74, 6) is 0. The van der Waals surface area contributed by atoms with Gasteiger partial charge in [0.15, 0.2) is 5.65 Å². The van der Waals surface area contributed by atoms with Gasteiger partial charge in [-0.2, -0.15) is 5.10 Å². The summed E-state index contributed by atoms with van der Waals surface area (Å²) >= 11 is 0. The highest BCUT2D eigenvalue weighted by molar-refractivity contribution is 5.44. The van der Waals surface area contributed by atoms with Crippen molar-refractivity contribution in [2.75, 3.05) is 0 Å². The van der Waals surface area contributed by atoms with Crippen molar-refractivity contribution in [3.05, 3.63) is 59.3 Å². The average Bonchev–Trinajstić information content (AvgIpc) is 3.07. The highest BCUT2D eigenvalue weighted by Crippen LogP contribution is 2.44. The summed E-state index contributed by atoms with van der Waals surface area (Å²) in [4.78, 5) is 11.5. The SMILES string of the molecule is Cc1cc2ncc3c(n2n1)C[C@@H]1CC[C@H]3N1Cc1cccnc1. The number of aromatic nitrogens is 4. The van der Waals surface area contributed by atoms with E-state index in [4.69, 9.17) is 0 Å². The molecule has 0 spiro atoms. The molecule has 0 N–H and O–H groups in total. The third-order valence-corrected chi connectivity index (χ3v) is 5.26. The molecule has 0 amide bonds. The van der Waals surface area contributed by atoms with Crippen LogP contribution in [-0.2, 0) is 13.0 Å². The van der Waals surface area contributed by atoms with Gasteiger partial charge in [-0.3, -0.25) is 9.88 Å². The van der Waals surface area contributed by atoms with Gasteiger partial charge in [0.25, 0.3) is 0 Å². The first kappa shape index (κ1) is 13.2. The van der Waals surface area contributed by atoms with Crippen molar-refractivity contribution in [3.8, 4) is 0 Å². The van der Waals surface area contributed by atoms with Gasteiger partial charge in [0.1, 0.15) is 0 Å². The summed E-state index contributed by atoms with van der Waals surface area (Å²) in [6, 6.07) is 7.31. The van der Waals surface area contributed by atoms with Crippen molar-refractivity contribution in [3.63, 3.8) is 0 Å². The van der Waals surface area contributed by atoms with Crippen LogP contribution in [0.5, 0.6) is 0 Å². The molecule has 1 saturated heterocycles. The van der Waals surface area contributed by atoms with E-state index in [0.717, 1.165) is 24.3 Å². The Balaban J connectivity index is 1.56. The lowest BCUT2D eigenvalue weighted by molar-refractivity contribution is 0.165. The Morgan fingerprint density at radius 3 is 3.09 bits per heavy atom. The van der Waals surface area contributed by atoms with Crippen molar-refractivity contribution in [2.24, 2.45) is 0 Å². The van der Waals surface area contributed by atoms with Crippen LogP contribution in [0.1, 0.15) is 41.4 Å². The minimum atomic E-state index is 0.463. The third kappa shape index (κ3) is 2.00. The molecule has 0 aliphatic carbocycles. The molecule has 2 aliphatic heterocycles. The summed E-state index contributed by atoms with van der Waals surface area (Å²) in [6.45, 7) is 3.01. The number of pyridine rings is 1. The van der Waals surface area contributed by atoms with Crippen LogP contribution in [-0.4, -0.2) is 30.5 Å². The van der Waals surface area contributed by atoms with E-state index >= 15 is 0 Å². The predicted molar refractivity (Wildman–Crippen MR) is 87.0 cm³/mol. The smallest absolute Gasteiger partial charge is 0.155 e. The molecule has 1 fully saturated rings. The monoisotopic (exact) mass is 305 g/mol. The number of aryl methyl sites for hydroxylation is 1. The zero-order valence-corrected chi connectivity index (χ0v) is 13.2. The molecule has 0 unspecified atom stereocenters. The Morgan fingerprint density at radius 2 is 2.22 bits per heavy atom. The Morgan fingerprint density at radius 1 is 1.26 bits per heavy atom. The molecule has 5 nitrogen and oxygen atoms in total. The lowest BCUT2D eigenvalue weighted by atomic mass is 9.98. The van der Waals surface area contributed by atoms with Crippen LogP contribution in [0.2, 0.25) is 0 Å². The number of rotatable bonds is 2. The van der Waals surface area contributed by atoms with Gasteiger partial charge in [-0.1, -0.05) is 6.07 Å². The normalized spacial score (nSPS) is 23.3. The van der Waals surface area contributed by atoms with E-state index in [2.05, 4.69) is 42.8 Å². The Labute approximate surface area is 135 Å². The Kier molecular flexibility index (Phi) is 2.79. The quantitative estimate of drug-likeness (QED) is 0.730. The molecular weight excluding hydrogens is 286 g/mol. The fourth-order valence-corrected chi connectivity index (χ4v) is 4.25. The van der Waals surface area contributed by atoms with Crippen molar-refractivity contribution in [1.29, 1.82) is 0 Å². The molecule has 3 aromatic rings. The molecule has 0 saturated carbocycles. The lowest BCUT2D eigenvalue weighted by Crippen LogP contribution is -2.38. The van der Waals surface area contributed by atoms with Crippen molar-refractivity contribution in [1.82, 2.24) is 24.5 Å². The fraction of sp³-hybridized carbons (Fsp3) is 0.389. The fourth-order valence-electron chi connectivity index (χ4n) is 4.25. The molecule has 2 atom stereocenters. The Hall–Kier alpha value is -2.27. The van der Waals surface area contributed by atoms with Crippen LogP contribution in [0.4, 0.5) is 0 Å². The van der Waals surface area contributed by atoms with Gasteiger partial charge < -0.3 is 0 Å². The number of hydrogen-bond acceptors (Lipinski definition) is 4. The second-order valence-corrected chi connectivity index (χ2v) is 6.70. The van der Waals surface area contributed by atoms with Gasteiger partial charge in [-0.05, 0) is 31.4 Å². The van der Waals surface area contributed by atoms with Crippen LogP contribution in [0.25, 0.3) is 5.65 Å². The van der Waals surface area contributed by atoms with Crippen LogP contribution in [0.15, 0.2) is 36.8 Å². The standard InChI is InChI=1S/C18H19N5/c1-12-7-18-20-10-15-16-5-4-14(8-17(15)23(18)21-12)22(16)11-13-3-2-6-19-9-13/h2-3,6-7,9-10,14,16H,4-5,8,11H2,1H3/t14-,16+/m0/s1. The van der Waals surface area contributed by atoms with Gasteiger partial charge in [0.2, 0.25) is 0 Å². The first-order chi connectivity index (χ1) is 11.3. The minimum absolute atomic E-state index is 0.463. The molecule has 5 rings (SSSR count). The summed E-state index contributed by atoms with van der Waals surface area (Å²) in [5, 5.41) is 4.66. The zero-order chi connectivity index (χ0) is 15.4. The first-order valence-electron chi connectivity index (χ1n) is 8.28. The highest BCUT2D eigenvalue weighted by Gasteiger charge is 2.41. The summed E-state index contributed by atoms with van der Waals surface area (Å²) in [5.41, 5.74) is 6.02. The van der Waals surface area contributed by atoms with Crippen LogP contribution in [0.3, 0.4) is 0 Å². The van der Waals surface area contributed by atoms with Crippen molar-refractivity contribution < 1.29 is 0 Å². The molecule has 0 aromatic carbocycles. The largest absolute Gasteiger partial charge is 0.289 e. The number of fused-ring (bicyclic) bond motifs is 6. The zero-order valence-electron chi connectivity index (χ0n) is 13.2. The second kappa shape index (κ2) is 4.86. The van der Waals surface area contributed by atoms with E-state index < -0.39 is 0 Å². The minimum Gasteiger partial charge on any atom is -0.289 e. The van der Waals surface area contributed by atoms with Crippen LogP contribution >= 0.6 is 0 Å². The van der Waals surface area contributed by atoms with E-state index in [1.54, 1.807) is 0 Å². The molecule has 5 heterocycles. The molecule has 3 aromatic heterocycles. The second-order valence-electron chi connectivity index (χ2n) is 6.70. The van der Waals surface area contributed by atoms with Gasteiger partial charge in [-0.15, -0.1) is 0 Å². The molecular formula is C18H19N5. The maximum atomic E-state index is 4.66. The molecule has 2 bridgehead atoms. The summed E-state index contributed by atoms with van der Waals surface area (Å²) < 4.78 is 2.07. The van der Waals surface area contributed by atoms with Crippen LogP contribution < -0.4 is 0 Å². The summed E-state index contributed by atoms with van der Waals surface area (Å²) in [6.07, 6.45) is 9.42. The van der Waals surface area contributed by atoms with Gasteiger partial charge in [0.05, 0.1) is 11.4 Å². The molecule has 0 radical (unpaired) electrons. The van der Waals surface area contributed by atoms with E-state index in [0.29, 0.717) is 12.1 Å². The van der Waals surface area contributed by atoms with Gasteiger partial charge in [-0.25, -0.2) is 9.50 Å². The number of nitrogens with zero attached hydrogens (tertiary/aromatic N) is 5. The topological polar surface area (TPSA) is 46.3 Å². The van der Waals surface area contributed by atoms with Gasteiger partial charge >= 0.3 is 0 Å². The molecule has 2 aliphatic rings. The Bertz CT molecular complexity index is 870. The van der Waals surface area contributed by atoms with Crippen LogP contribution in [0, 0.1) is 6.92 Å². The average molecular weight is 305 g/mol. The third-order valence-electron chi connectivity index (χ3n) is 5.26. The van der Waals surface area contributed by atoms with E-state index in [9.17, 15) is 0 Å². The predicted octanol–water partition coefficient (Wildman–Crippen LogP) is 2.69. The highest BCUT2D eigenvalue weighted by atomic mass is 15.3. The van der Waals surface area contributed by atoms with E-state index in [-0.39, 0.29) is 0 Å².